The molecule has 0 fully saturated rings. The van der Waals surface area contributed by atoms with E-state index in [4.69, 9.17) is 10.2 Å². The first-order chi connectivity index (χ1) is 9.11. The molecular weight excluding hydrogens is 250 g/mol. The number of hydrogen-bond donors (Lipinski definition) is 4. The Hall–Kier alpha value is -1.89. The number of carbonyl (C=O) groups is 2. The number of nitrogens with zero attached hydrogens (tertiary/aromatic N) is 1. The van der Waals surface area contributed by atoms with Crippen molar-refractivity contribution in [3.8, 4) is 0 Å². The van der Waals surface area contributed by atoms with Gasteiger partial charge >= 0.3 is 5.97 Å². The van der Waals surface area contributed by atoms with E-state index >= 15 is 0 Å². The molecule has 1 heterocycles. The van der Waals surface area contributed by atoms with Gasteiger partial charge in [-0.1, -0.05) is 0 Å². The van der Waals surface area contributed by atoms with Gasteiger partial charge < -0.3 is 15.5 Å². The van der Waals surface area contributed by atoms with Gasteiger partial charge in [0.2, 0.25) is 5.91 Å². The lowest BCUT2D eigenvalue weighted by Gasteiger charge is -2.23. The van der Waals surface area contributed by atoms with Gasteiger partial charge in [-0.05, 0) is 18.4 Å². The number of aromatic amines is 1. The molecule has 1 amide bonds. The molecule has 1 aliphatic rings. The Labute approximate surface area is 110 Å². The third kappa shape index (κ3) is 3.11. The minimum atomic E-state index is -1.12. The van der Waals surface area contributed by atoms with E-state index in [9.17, 15) is 9.59 Å². The van der Waals surface area contributed by atoms with Gasteiger partial charge in [0.05, 0.1) is 6.20 Å². The normalized spacial score (nSPS) is 19.5. The molecule has 7 nitrogen and oxygen atoms in total. The summed E-state index contributed by atoms with van der Waals surface area (Å²) in [6.07, 6.45) is 3.77. The summed E-state index contributed by atoms with van der Waals surface area (Å²) in [6.45, 7) is -0.271. The van der Waals surface area contributed by atoms with Gasteiger partial charge in [0.25, 0.3) is 0 Å². The highest BCUT2D eigenvalue weighted by Crippen LogP contribution is 2.23. The number of aliphatic carboxylic acids is 1. The summed E-state index contributed by atoms with van der Waals surface area (Å²) in [7, 11) is 0. The number of nitrogens with one attached hydrogen (secondary N) is 2. The van der Waals surface area contributed by atoms with E-state index in [0.29, 0.717) is 12.8 Å². The van der Waals surface area contributed by atoms with Gasteiger partial charge in [-0.25, -0.2) is 4.79 Å². The number of carboxylic acids is 1. The monoisotopic (exact) mass is 267 g/mol. The Morgan fingerprint density at radius 3 is 3.05 bits per heavy atom. The standard InChI is InChI=1S/C12H17N3O4/c16-4-3-9(12(18)19)14-11(17)7-1-2-8-6-13-15-10(8)5-7/h6-7,9,16H,1-5H2,(H,13,15)(H,14,17)(H,18,19). The summed E-state index contributed by atoms with van der Waals surface area (Å²) >= 11 is 0. The van der Waals surface area contributed by atoms with Crippen LogP contribution in [-0.4, -0.2) is 44.9 Å². The fraction of sp³-hybridized carbons (Fsp3) is 0.583. The van der Waals surface area contributed by atoms with Crippen LogP contribution in [0.2, 0.25) is 0 Å². The summed E-state index contributed by atoms with van der Waals surface area (Å²) in [4.78, 5) is 23.0. The summed E-state index contributed by atoms with van der Waals surface area (Å²) in [5.41, 5.74) is 2.06. The molecular formula is C12H17N3O4. The van der Waals surface area contributed by atoms with Gasteiger partial charge in [-0.15, -0.1) is 0 Å². The maximum absolute atomic E-state index is 12.0. The largest absolute Gasteiger partial charge is 0.480 e. The molecule has 4 N–H and O–H groups in total. The average Bonchev–Trinajstić information content (AvgIpc) is 2.85. The van der Waals surface area contributed by atoms with Crippen molar-refractivity contribution in [2.75, 3.05) is 6.61 Å². The number of hydrogen-bond acceptors (Lipinski definition) is 4. The van der Waals surface area contributed by atoms with Gasteiger partial charge in [0, 0.05) is 31.1 Å². The summed E-state index contributed by atoms with van der Waals surface area (Å²) in [5.74, 6) is -1.64. The number of aromatic nitrogens is 2. The highest BCUT2D eigenvalue weighted by Gasteiger charge is 2.28. The van der Waals surface area contributed by atoms with Crippen molar-refractivity contribution in [3.05, 3.63) is 17.5 Å². The molecule has 1 aromatic rings. The molecule has 1 aliphatic carbocycles. The highest BCUT2D eigenvalue weighted by molar-refractivity contribution is 5.85. The van der Waals surface area contributed by atoms with Gasteiger partial charge in [0.15, 0.2) is 0 Å². The van der Waals surface area contributed by atoms with Crippen molar-refractivity contribution < 1.29 is 19.8 Å². The molecule has 0 bridgehead atoms. The molecule has 0 spiro atoms. The van der Waals surface area contributed by atoms with Gasteiger partial charge in [0.1, 0.15) is 6.04 Å². The highest BCUT2D eigenvalue weighted by atomic mass is 16.4. The van der Waals surface area contributed by atoms with E-state index in [1.807, 2.05) is 0 Å². The fourth-order valence-corrected chi connectivity index (χ4v) is 2.31. The predicted octanol–water partition coefficient (Wildman–Crippen LogP) is -0.534. The van der Waals surface area contributed by atoms with E-state index in [2.05, 4.69) is 15.5 Å². The van der Waals surface area contributed by atoms with Crippen LogP contribution in [0.4, 0.5) is 0 Å². The molecule has 0 radical (unpaired) electrons. The van der Waals surface area contributed by atoms with E-state index in [-0.39, 0.29) is 24.9 Å². The Morgan fingerprint density at radius 2 is 2.37 bits per heavy atom. The average molecular weight is 267 g/mol. The van der Waals surface area contributed by atoms with Crippen molar-refractivity contribution in [2.45, 2.75) is 31.7 Å². The summed E-state index contributed by atoms with van der Waals surface area (Å²) in [5, 5.41) is 27.0. The zero-order chi connectivity index (χ0) is 13.8. The first kappa shape index (κ1) is 13.5. The predicted molar refractivity (Wildman–Crippen MR) is 65.4 cm³/mol. The van der Waals surface area contributed by atoms with Crippen molar-refractivity contribution in [3.63, 3.8) is 0 Å². The molecule has 7 heteroatoms. The number of carboxylic acid groups (broad SMARTS) is 1. The Bertz CT molecular complexity index is 471. The van der Waals surface area contributed by atoms with Crippen LogP contribution in [0.3, 0.4) is 0 Å². The maximum Gasteiger partial charge on any atom is 0.326 e. The molecule has 0 aromatic carbocycles. The Morgan fingerprint density at radius 1 is 1.58 bits per heavy atom. The summed E-state index contributed by atoms with van der Waals surface area (Å²) < 4.78 is 0. The van der Waals surface area contributed by atoms with Crippen molar-refractivity contribution >= 4 is 11.9 Å². The number of aryl methyl sites for hydroxylation is 1. The lowest BCUT2D eigenvalue weighted by Crippen LogP contribution is -2.45. The lowest BCUT2D eigenvalue weighted by molar-refractivity contribution is -0.143. The SMILES string of the molecule is O=C(NC(CCO)C(=O)O)C1CCc2cn[nH]c2C1. The van der Waals surface area contributed by atoms with Crippen LogP contribution >= 0.6 is 0 Å². The zero-order valence-electron chi connectivity index (χ0n) is 10.4. The fourth-order valence-electron chi connectivity index (χ4n) is 2.31. The van der Waals surface area contributed by atoms with Gasteiger partial charge in [-0.2, -0.15) is 5.10 Å². The van der Waals surface area contributed by atoms with Crippen molar-refractivity contribution in [2.24, 2.45) is 5.92 Å². The topological polar surface area (TPSA) is 115 Å². The second-order valence-corrected chi connectivity index (χ2v) is 4.73. The van der Waals surface area contributed by atoms with Crippen LogP contribution in [0.1, 0.15) is 24.1 Å². The quantitative estimate of drug-likeness (QED) is 0.572. The minimum Gasteiger partial charge on any atom is -0.480 e. The van der Waals surface area contributed by atoms with Crippen LogP contribution in [0.5, 0.6) is 0 Å². The van der Waals surface area contributed by atoms with Crippen LogP contribution in [0.15, 0.2) is 6.20 Å². The molecule has 2 unspecified atom stereocenters. The summed E-state index contributed by atoms with van der Waals surface area (Å²) in [6, 6.07) is -1.03. The van der Waals surface area contributed by atoms with Crippen LogP contribution < -0.4 is 5.32 Å². The number of fused-ring (bicyclic) bond motifs is 1. The number of amides is 1. The van der Waals surface area contributed by atoms with E-state index in [1.165, 1.54) is 0 Å². The van der Waals surface area contributed by atoms with E-state index < -0.39 is 12.0 Å². The number of aliphatic hydroxyl groups is 1. The second kappa shape index (κ2) is 5.83. The van der Waals surface area contributed by atoms with Crippen LogP contribution in [-0.2, 0) is 22.4 Å². The third-order valence-electron chi connectivity index (χ3n) is 3.42. The van der Waals surface area contributed by atoms with E-state index in [1.54, 1.807) is 6.20 Å². The molecule has 104 valence electrons. The van der Waals surface area contributed by atoms with Crippen molar-refractivity contribution in [1.82, 2.24) is 15.5 Å². The lowest BCUT2D eigenvalue weighted by atomic mass is 9.87. The number of aliphatic hydroxyl groups excluding tert-OH is 1. The van der Waals surface area contributed by atoms with Crippen molar-refractivity contribution in [1.29, 1.82) is 0 Å². The van der Waals surface area contributed by atoms with Crippen LogP contribution in [0, 0.1) is 5.92 Å². The van der Waals surface area contributed by atoms with Gasteiger partial charge in [-0.3, -0.25) is 9.89 Å². The third-order valence-corrected chi connectivity index (χ3v) is 3.42. The molecule has 0 saturated carbocycles. The molecule has 0 saturated heterocycles. The first-order valence-corrected chi connectivity index (χ1v) is 6.27. The smallest absolute Gasteiger partial charge is 0.326 e. The number of carbonyl (C=O) groups excluding carboxylic acids is 1. The zero-order valence-corrected chi connectivity index (χ0v) is 10.4. The van der Waals surface area contributed by atoms with E-state index in [0.717, 1.165) is 17.7 Å². The molecule has 1 aromatic heterocycles. The Kier molecular flexibility index (Phi) is 4.16. The molecule has 19 heavy (non-hydrogen) atoms. The van der Waals surface area contributed by atoms with Crippen LogP contribution in [0.25, 0.3) is 0 Å². The molecule has 2 rings (SSSR count). The number of rotatable bonds is 5. The number of H-pyrrole nitrogens is 1. The maximum atomic E-state index is 12.0. The molecule has 2 atom stereocenters. The Balaban J connectivity index is 1.95. The molecule has 0 aliphatic heterocycles. The minimum absolute atomic E-state index is 0.0170. The first-order valence-electron chi connectivity index (χ1n) is 6.27. The second-order valence-electron chi connectivity index (χ2n) is 4.73.